The van der Waals surface area contributed by atoms with Crippen LogP contribution in [-0.2, 0) is 21.2 Å². The Hall–Kier alpha value is -1.44. The van der Waals surface area contributed by atoms with Gasteiger partial charge >= 0.3 is 0 Å². The second-order valence-electron chi connectivity index (χ2n) is 5.97. The second kappa shape index (κ2) is 9.64. The van der Waals surface area contributed by atoms with Crippen molar-refractivity contribution >= 4 is 15.9 Å². The van der Waals surface area contributed by atoms with Crippen molar-refractivity contribution in [3.05, 3.63) is 29.8 Å². The molecule has 23 heavy (non-hydrogen) atoms. The van der Waals surface area contributed by atoms with Crippen molar-refractivity contribution in [2.24, 2.45) is 11.1 Å². The van der Waals surface area contributed by atoms with Gasteiger partial charge in [-0.05, 0) is 43.0 Å². The van der Waals surface area contributed by atoms with E-state index in [1.54, 1.807) is 12.1 Å². The summed E-state index contributed by atoms with van der Waals surface area (Å²) >= 11 is 0. The number of benzene rings is 1. The highest BCUT2D eigenvalue weighted by molar-refractivity contribution is 7.89. The summed E-state index contributed by atoms with van der Waals surface area (Å²) in [6.07, 6.45) is 2.22. The summed E-state index contributed by atoms with van der Waals surface area (Å²) in [5.41, 5.74) is 1.02. The molecule has 0 unspecified atom stereocenters. The Morgan fingerprint density at radius 2 is 1.78 bits per heavy atom. The third-order valence-corrected chi connectivity index (χ3v) is 4.34. The van der Waals surface area contributed by atoms with Crippen molar-refractivity contribution in [3.63, 3.8) is 0 Å². The van der Waals surface area contributed by atoms with Crippen LogP contribution in [0.1, 0.15) is 32.3 Å². The Labute approximate surface area is 138 Å². The van der Waals surface area contributed by atoms with Gasteiger partial charge in [-0.25, -0.2) is 13.6 Å². The predicted octanol–water partition coefficient (Wildman–Crippen LogP) is 1.02. The van der Waals surface area contributed by atoms with Gasteiger partial charge in [-0.1, -0.05) is 26.0 Å². The largest absolute Gasteiger partial charge is 0.356 e. The van der Waals surface area contributed by atoms with Gasteiger partial charge in [0.05, 0.1) is 4.90 Å². The van der Waals surface area contributed by atoms with Crippen LogP contribution in [0.2, 0.25) is 0 Å². The first kappa shape index (κ1) is 19.6. The molecule has 7 heteroatoms. The monoisotopic (exact) mass is 341 g/mol. The summed E-state index contributed by atoms with van der Waals surface area (Å²) in [4.78, 5) is 11.7. The summed E-state index contributed by atoms with van der Waals surface area (Å²) < 4.78 is 22.3. The third-order valence-electron chi connectivity index (χ3n) is 3.42. The molecule has 6 nitrogen and oxygen atoms in total. The molecule has 1 amide bonds. The van der Waals surface area contributed by atoms with E-state index in [4.69, 9.17) is 5.14 Å². The first-order valence-corrected chi connectivity index (χ1v) is 9.43. The minimum absolute atomic E-state index is 0.0654. The van der Waals surface area contributed by atoms with E-state index >= 15 is 0 Å². The first-order chi connectivity index (χ1) is 10.8. The number of amides is 1. The molecule has 0 fully saturated rings. The van der Waals surface area contributed by atoms with E-state index in [2.05, 4.69) is 24.5 Å². The van der Waals surface area contributed by atoms with Crippen LogP contribution in [0.4, 0.5) is 0 Å². The molecule has 0 aliphatic heterocycles. The summed E-state index contributed by atoms with van der Waals surface area (Å²) in [6, 6.07) is 6.51. The molecule has 0 heterocycles. The molecule has 0 saturated heterocycles. The summed E-state index contributed by atoms with van der Waals surface area (Å²) in [6.45, 7) is 6.34. The zero-order valence-corrected chi connectivity index (χ0v) is 14.7. The molecule has 0 bridgehead atoms. The number of hydrogen-bond donors (Lipinski definition) is 3. The lowest BCUT2D eigenvalue weighted by molar-refractivity contribution is -0.121. The van der Waals surface area contributed by atoms with E-state index in [1.165, 1.54) is 12.1 Å². The number of carbonyl (C=O) groups is 1. The highest BCUT2D eigenvalue weighted by Gasteiger charge is 2.06. The van der Waals surface area contributed by atoms with Crippen LogP contribution in [0.25, 0.3) is 0 Å². The average molecular weight is 341 g/mol. The molecule has 0 aliphatic rings. The molecule has 1 aromatic rings. The topological polar surface area (TPSA) is 101 Å². The quantitative estimate of drug-likeness (QED) is 0.553. The third kappa shape index (κ3) is 8.68. The summed E-state index contributed by atoms with van der Waals surface area (Å²) in [7, 11) is -3.63. The standard InChI is InChI=1S/C16H27N3O3S/c1-13(2)7-12-19-16(20)9-11-18-10-8-14-3-5-15(6-4-14)23(17,21)22/h3-6,13,18H,7-12H2,1-2H3,(H,19,20)(H2,17,21,22). The molecule has 0 aromatic heterocycles. The number of sulfonamides is 1. The molecule has 0 atom stereocenters. The Morgan fingerprint density at radius 1 is 1.13 bits per heavy atom. The van der Waals surface area contributed by atoms with Gasteiger partial charge in [0.25, 0.3) is 0 Å². The maximum absolute atomic E-state index is 11.6. The number of hydrogen-bond acceptors (Lipinski definition) is 4. The fourth-order valence-corrected chi connectivity index (χ4v) is 2.51. The van der Waals surface area contributed by atoms with Gasteiger partial charge in [0.2, 0.25) is 15.9 Å². The number of rotatable bonds is 10. The lowest BCUT2D eigenvalue weighted by atomic mass is 10.1. The molecule has 4 N–H and O–H groups in total. The van der Waals surface area contributed by atoms with Crippen molar-refractivity contribution in [2.75, 3.05) is 19.6 Å². The predicted molar refractivity (Wildman–Crippen MR) is 91.5 cm³/mol. The molecule has 0 radical (unpaired) electrons. The van der Waals surface area contributed by atoms with Crippen molar-refractivity contribution in [1.82, 2.24) is 10.6 Å². The van der Waals surface area contributed by atoms with E-state index in [1.807, 2.05) is 0 Å². The minimum Gasteiger partial charge on any atom is -0.356 e. The number of nitrogens with two attached hydrogens (primary N) is 1. The average Bonchev–Trinajstić information content (AvgIpc) is 2.46. The summed E-state index contributed by atoms with van der Waals surface area (Å²) in [5, 5.41) is 11.1. The van der Waals surface area contributed by atoms with Crippen molar-refractivity contribution in [1.29, 1.82) is 0 Å². The van der Waals surface area contributed by atoms with Gasteiger partial charge in [0, 0.05) is 19.5 Å². The van der Waals surface area contributed by atoms with Crippen LogP contribution in [0, 0.1) is 5.92 Å². The normalized spacial score (nSPS) is 11.7. The van der Waals surface area contributed by atoms with Crippen LogP contribution in [0.5, 0.6) is 0 Å². The smallest absolute Gasteiger partial charge is 0.238 e. The van der Waals surface area contributed by atoms with E-state index in [9.17, 15) is 13.2 Å². The SMILES string of the molecule is CC(C)CCNC(=O)CCNCCc1ccc(S(N)(=O)=O)cc1. The Kier molecular flexibility index (Phi) is 8.22. The number of primary sulfonamides is 1. The fourth-order valence-electron chi connectivity index (χ4n) is 1.99. The van der Waals surface area contributed by atoms with Gasteiger partial charge in [-0.15, -0.1) is 0 Å². The molecule has 130 valence electrons. The van der Waals surface area contributed by atoms with Crippen LogP contribution in [0.15, 0.2) is 29.2 Å². The van der Waals surface area contributed by atoms with Crippen molar-refractivity contribution in [2.45, 2.75) is 38.0 Å². The molecular weight excluding hydrogens is 314 g/mol. The van der Waals surface area contributed by atoms with Crippen molar-refractivity contribution in [3.8, 4) is 0 Å². The first-order valence-electron chi connectivity index (χ1n) is 7.88. The maximum Gasteiger partial charge on any atom is 0.238 e. The highest BCUT2D eigenvalue weighted by Crippen LogP contribution is 2.08. The maximum atomic E-state index is 11.6. The molecular formula is C16H27N3O3S. The van der Waals surface area contributed by atoms with Crippen LogP contribution in [-0.4, -0.2) is 34.0 Å². The Bertz CT molecular complexity index is 583. The molecule has 1 aromatic carbocycles. The van der Waals surface area contributed by atoms with Gasteiger partial charge < -0.3 is 10.6 Å². The Morgan fingerprint density at radius 3 is 2.35 bits per heavy atom. The highest BCUT2D eigenvalue weighted by atomic mass is 32.2. The summed E-state index contributed by atoms with van der Waals surface area (Å²) in [5.74, 6) is 0.657. The number of carbonyl (C=O) groups excluding carboxylic acids is 1. The Balaban J connectivity index is 2.16. The lowest BCUT2D eigenvalue weighted by Gasteiger charge is -2.08. The van der Waals surface area contributed by atoms with Gasteiger partial charge in [0.15, 0.2) is 0 Å². The minimum atomic E-state index is -3.63. The van der Waals surface area contributed by atoms with E-state index in [0.29, 0.717) is 18.9 Å². The van der Waals surface area contributed by atoms with Crippen LogP contribution < -0.4 is 15.8 Å². The van der Waals surface area contributed by atoms with E-state index in [-0.39, 0.29) is 10.8 Å². The second-order valence-corrected chi connectivity index (χ2v) is 7.53. The van der Waals surface area contributed by atoms with Gasteiger partial charge in [-0.2, -0.15) is 0 Å². The van der Waals surface area contributed by atoms with Gasteiger partial charge in [0.1, 0.15) is 0 Å². The van der Waals surface area contributed by atoms with E-state index in [0.717, 1.165) is 31.5 Å². The lowest BCUT2D eigenvalue weighted by Crippen LogP contribution is -2.29. The molecule has 0 spiro atoms. The van der Waals surface area contributed by atoms with E-state index < -0.39 is 10.0 Å². The molecule has 0 saturated carbocycles. The molecule has 1 rings (SSSR count). The zero-order chi connectivity index (χ0) is 17.3. The zero-order valence-electron chi connectivity index (χ0n) is 13.8. The molecule has 0 aliphatic carbocycles. The van der Waals surface area contributed by atoms with Gasteiger partial charge in [-0.3, -0.25) is 4.79 Å². The van der Waals surface area contributed by atoms with Crippen LogP contribution >= 0.6 is 0 Å². The van der Waals surface area contributed by atoms with Crippen molar-refractivity contribution < 1.29 is 13.2 Å². The fraction of sp³-hybridized carbons (Fsp3) is 0.562. The van der Waals surface area contributed by atoms with Crippen LogP contribution in [0.3, 0.4) is 0 Å². The number of nitrogens with one attached hydrogen (secondary N) is 2.